The lowest BCUT2D eigenvalue weighted by Gasteiger charge is -2.17. The van der Waals surface area contributed by atoms with E-state index in [9.17, 15) is 9.59 Å². The van der Waals surface area contributed by atoms with Gasteiger partial charge >= 0.3 is 0 Å². The van der Waals surface area contributed by atoms with E-state index in [1.54, 1.807) is 12.1 Å². The molecular formula is C16H21N3O3. The van der Waals surface area contributed by atoms with Crippen molar-refractivity contribution in [1.82, 2.24) is 10.6 Å². The van der Waals surface area contributed by atoms with Crippen LogP contribution in [0.25, 0.3) is 0 Å². The van der Waals surface area contributed by atoms with Crippen LogP contribution in [0.4, 0.5) is 0 Å². The molecule has 6 nitrogen and oxygen atoms in total. The molecule has 0 saturated heterocycles. The average molecular weight is 303 g/mol. The first kappa shape index (κ1) is 17.7. The molecule has 1 aromatic carbocycles. The van der Waals surface area contributed by atoms with E-state index >= 15 is 0 Å². The number of carbonyl (C=O) groups excluding carboxylic acids is 2. The zero-order chi connectivity index (χ0) is 16.4. The summed E-state index contributed by atoms with van der Waals surface area (Å²) in [5, 5.41) is 5.30. The molecule has 1 rings (SSSR count). The van der Waals surface area contributed by atoms with Gasteiger partial charge in [-0.15, -0.1) is 6.42 Å². The Morgan fingerprint density at radius 1 is 1.36 bits per heavy atom. The van der Waals surface area contributed by atoms with Gasteiger partial charge in [0.1, 0.15) is 6.04 Å². The first-order valence-electron chi connectivity index (χ1n) is 6.95. The van der Waals surface area contributed by atoms with Gasteiger partial charge in [-0.25, -0.2) is 0 Å². The Balaban J connectivity index is 2.53. The van der Waals surface area contributed by atoms with Gasteiger partial charge in [-0.1, -0.05) is 18.1 Å². The highest BCUT2D eigenvalue weighted by Gasteiger charge is 2.19. The van der Waals surface area contributed by atoms with Crippen molar-refractivity contribution in [2.24, 2.45) is 5.73 Å². The summed E-state index contributed by atoms with van der Waals surface area (Å²) in [6.45, 7) is 2.46. The van der Waals surface area contributed by atoms with Gasteiger partial charge in [0.05, 0.1) is 13.2 Å². The molecule has 6 heteroatoms. The van der Waals surface area contributed by atoms with Gasteiger partial charge in [0.2, 0.25) is 11.8 Å². The molecule has 1 aromatic rings. The zero-order valence-electron chi connectivity index (χ0n) is 12.6. The third-order valence-electron chi connectivity index (χ3n) is 2.83. The number of hydrogen-bond donors (Lipinski definition) is 3. The second-order valence-electron chi connectivity index (χ2n) is 4.68. The van der Waals surface area contributed by atoms with Crippen LogP contribution in [0.15, 0.2) is 24.3 Å². The van der Waals surface area contributed by atoms with Crippen molar-refractivity contribution >= 4 is 11.8 Å². The minimum Gasteiger partial charge on any atom is -0.377 e. The largest absolute Gasteiger partial charge is 0.377 e. The number of carbonyl (C=O) groups is 2. The number of nitrogens with one attached hydrogen (secondary N) is 2. The number of nitrogens with two attached hydrogens (primary N) is 1. The van der Waals surface area contributed by atoms with Crippen molar-refractivity contribution in [2.75, 3.05) is 19.8 Å². The quantitative estimate of drug-likeness (QED) is 0.456. The predicted octanol–water partition coefficient (Wildman–Crippen LogP) is -0.236. The third kappa shape index (κ3) is 6.39. The Hall–Kier alpha value is -2.36. The van der Waals surface area contributed by atoms with Gasteiger partial charge in [-0.2, -0.15) is 0 Å². The van der Waals surface area contributed by atoms with Crippen molar-refractivity contribution in [3.8, 4) is 12.3 Å². The highest BCUT2D eigenvalue weighted by molar-refractivity contribution is 5.86. The summed E-state index contributed by atoms with van der Waals surface area (Å²) in [6.07, 6.45) is 5.28. The van der Waals surface area contributed by atoms with Crippen molar-refractivity contribution in [1.29, 1.82) is 0 Å². The minimum atomic E-state index is -0.742. The molecule has 0 aliphatic heterocycles. The predicted molar refractivity (Wildman–Crippen MR) is 83.7 cm³/mol. The van der Waals surface area contributed by atoms with Crippen LogP contribution in [-0.2, 0) is 20.9 Å². The SMILES string of the molecule is C#Cc1ccc(CNC(=O)[C@@H](COCCN)NC(C)=O)cc1. The number of amides is 2. The number of benzene rings is 1. The van der Waals surface area contributed by atoms with Crippen molar-refractivity contribution in [3.05, 3.63) is 35.4 Å². The van der Waals surface area contributed by atoms with E-state index in [1.165, 1.54) is 6.92 Å². The summed E-state index contributed by atoms with van der Waals surface area (Å²) in [4.78, 5) is 23.2. The van der Waals surface area contributed by atoms with Gasteiger partial charge in [0, 0.05) is 25.6 Å². The van der Waals surface area contributed by atoms with Crippen LogP contribution in [0.3, 0.4) is 0 Å². The molecule has 118 valence electrons. The standard InChI is InChI=1S/C16H21N3O3/c1-3-13-4-6-14(7-5-13)10-18-16(21)15(19-12(2)20)11-22-9-8-17/h1,4-7,15H,8-11,17H2,2H3,(H,18,21)(H,19,20)/t15-/m1/s1. The molecule has 0 fully saturated rings. The fourth-order valence-electron chi connectivity index (χ4n) is 1.74. The molecular weight excluding hydrogens is 282 g/mol. The second kappa shape index (κ2) is 9.55. The molecule has 0 radical (unpaired) electrons. The van der Waals surface area contributed by atoms with Crippen molar-refractivity contribution in [3.63, 3.8) is 0 Å². The number of terminal acetylenes is 1. The fourth-order valence-corrected chi connectivity index (χ4v) is 1.74. The highest BCUT2D eigenvalue weighted by atomic mass is 16.5. The molecule has 2 amide bonds. The van der Waals surface area contributed by atoms with Crippen LogP contribution in [0.5, 0.6) is 0 Å². The van der Waals surface area contributed by atoms with Crippen LogP contribution in [0.1, 0.15) is 18.1 Å². The van der Waals surface area contributed by atoms with Gasteiger partial charge in [-0.3, -0.25) is 9.59 Å². The van der Waals surface area contributed by atoms with Gasteiger partial charge < -0.3 is 21.1 Å². The topological polar surface area (TPSA) is 93.4 Å². The smallest absolute Gasteiger partial charge is 0.245 e. The molecule has 0 aliphatic carbocycles. The van der Waals surface area contributed by atoms with E-state index in [2.05, 4.69) is 16.6 Å². The minimum absolute atomic E-state index is 0.0820. The molecule has 0 bridgehead atoms. The Morgan fingerprint density at radius 3 is 2.59 bits per heavy atom. The molecule has 0 aliphatic rings. The molecule has 0 aromatic heterocycles. The molecule has 0 saturated carbocycles. The van der Waals surface area contributed by atoms with Crippen molar-refractivity contribution < 1.29 is 14.3 Å². The van der Waals surface area contributed by atoms with Crippen LogP contribution < -0.4 is 16.4 Å². The van der Waals surface area contributed by atoms with Gasteiger partial charge in [0.15, 0.2) is 0 Å². The summed E-state index contributed by atoms with van der Waals surface area (Å²) < 4.78 is 5.23. The maximum absolute atomic E-state index is 12.1. The van der Waals surface area contributed by atoms with Gasteiger partial charge in [-0.05, 0) is 17.7 Å². The number of ether oxygens (including phenoxy) is 1. The molecule has 0 unspecified atom stereocenters. The maximum Gasteiger partial charge on any atom is 0.245 e. The average Bonchev–Trinajstić information content (AvgIpc) is 2.52. The van der Waals surface area contributed by atoms with Crippen LogP contribution in [0.2, 0.25) is 0 Å². The molecule has 1 atom stereocenters. The summed E-state index contributed by atoms with van der Waals surface area (Å²) in [7, 11) is 0. The Morgan fingerprint density at radius 2 is 2.05 bits per heavy atom. The summed E-state index contributed by atoms with van der Waals surface area (Å²) >= 11 is 0. The molecule has 0 spiro atoms. The summed E-state index contributed by atoms with van der Waals surface area (Å²) in [6, 6.07) is 6.55. The molecule has 4 N–H and O–H groups in total. The lowest BCUT2D eigenvalue weighted by atomic mass is 10.1. The van der Waals surface area contributed by atoms with E-state index in [1.807, 2.05) is 12.1 Å². The highest BCUT2D eigenvalue weighted by Crippen LogP contribution is 2.03. The Kier molecular flexibility index (Phi) is 7.68. The maximum atomic E-state index is 12.1. The van der Waals surface area contributed by atoms with Crippen LogP contribution in [0, 0.1) is 12.3 Å². The van der Waals surface area contributed by atoms with E-state index < -0.39 is 6.04 Å². The van der Waals surface area contributed by atoms with Gasteiger partial charge in [0.25, 0.3) is 0 Å². The van der Waals surface area contributed by atoms with E-state index in [0.717, 1.165) is 11.1 Å². The van der Waals surface area contributed by atoms with Crippen LogP contribution in [-0.4, -0.2) is 37.6 Å². The lowest BCUT2D eigenvalue weighted by Crippen LogP contribution is -2.48. The van der Waals surface area contributed by atoms with E-state index in [-0.39, 0.29) is 18.4 Å². The normalized spacial score (nSPS) is 11.3. The first-order chi connectivity index (χ1) is 10.6. The fraction of sp³-hybridized carbons (Fsp3) is 0.375. The van der Waals surface area contributed by atoms with E-state index in [4.69, 9.17) is 16.9 Å². The van der Waals surface area contributed by atoms with Crippen molar-refractivity contribution in [2.45, 2.75) is 19.5 Å². The monoisotopic (exact) mass is 303 g/mol. The Bertz CT molecular complexity index is 535. The molecule has 22 heavy (non-hydrogen) atoms. The zero-order valence-corrected chi connectivity index (χ0v) is 12.6. The first-order valence-corrected chi connectivity index (χ1v) is 6.95. The second-order valence-corrected chi connectivity index (χ2v) is 4.68. The van der Waals surface area contributed by atoms with Crippen LogP contribution >= 0.6 is 0 Å². The number of hydrogen-bond acceptors (Lipinski definition) is 4. The summed E-state index contributed by atoms with van der Waals surface area (Å²) in [5.41, 5.74) is 7.02. The number of rotatable bonds is 8. The lowest BCUT2D eigenvalue weighted by molar-refractivity contribution is -0.129. The molecule has 0 heterocycles. The third-order valence-corrected chi connectivity index (χ3v) is 2.83. The summed E-state index contributed by atoms with van der Waals surface area (Å²) in [5.74, 6) is 1.92. The van der Waals surface area contributed by atoms with E-state index in [0.29, 0.717) is 19.7 Å². The Labute approximate surface area is 130 Å².